The Labute approximate surface area is 336 Å². The molecule has 2 amide bonds. The minimum Gasteiger partial charge on any atom is -0.378 e. The van der Waals surface area contributed by atoms with Gasteiger partial charge in [-0.1, -0.05) is 193 Å². The van der Waals surface area contributed by atoms with Crippen LogP contribution in [0.4, 0.5) is 0 Å². The lowest BCUT2D eigenvalue weighted by Crippen LogP contribution is -2.56. The Bertz CT molecular complexity index is 2030. The second-order valence-corrected chi connectivity index (χ2v) is 15.9. The first-order valence-corrected chi connectivity index (χ1v) is 19.9. The zero-order chi connectivity index (χ0) is 40.2. The minimum atomic E-state index is -1.71. The van der Waals surface area contributed by atoms with Gasteiger partial charge in [-0.2, -0.15) is 0 Å². The lowest BCUT2D eigenvalue weighted by atomic mass is 9.74. The summed E-state index contributed by atoms with van der Waals surface area (Å²) >= 11 is 0. The fraction of sp³-hybridized carbons (Fsp3) is 0.255. The van der Waals surface area contributed by atoms with Gasteiger partial charge >= 0.3 is 0 Å². The molecule has 1 saturated carbocycles. The van der Waals surface area contributed by atoms with Crippen LogP contribution in [0, 0.1) is 33.1 Å². The molecule has 0 radical (unpaired) electrons. The van der Waals surface area contributed by atoms with Crippen molar-refractivity contribution in [2.75, 3.05) is 0 Å². The number of benzene rings is 6. The van der Waals surface area contributed by atoms with E-state index in [9.17, 15) is 10.2 Å². The lowest BCUT2D eigenvalue weighted by molar-refractivity contribution is -0.146. The Balaban J connectivity index is 1.33. The normalized spacial score (nSPS) is 15.1. The van der Waals surface area contributed by atoms with Gasteiger partial charge in [-0.05, 0) is 73.9 Å². The van der Waals surface area contributed by atoms with Crippen molar-refractivity contribution < 1.29 is 19.8 Å². The van der Waals surface area contributed by atoms with Crippen molar-refractivity contribution in [1.29, 1.82) is 0 Å². The highest BCUT2D eigenvalue weighted by molar-refractivity contribution is 6.05. The van der Waals surface area contributed by atoms with Crippen LogP contribution in [0.3, 0.4) is 0 Å². The summed E-state index contributed by atoms with van der Waals surface area (Å²) in [7, 11) is 0. The molecule has 6 nitrogen and oxygen atoms in total. The van der Waals surface area contributed by atoms with E-state index < -0.39 is 40.5 Å². The minimum absolute atomic E-state index is 0.314. The molecule has 4 N–H and O–H groups in total. The lowest BCUT2D eigenvalue weighted by Gasteiger charge is -2.42. The topological polar surface area (TPSA) is 98.7 Å². The van der Waals surface area contributed by atoms with E-state index in [1.54, 1.807) is 0 Å². The molecule has 290 valence electrons. The number of aliphatic hydroxyl groups is 2. The van der Waals surface area contributed by atoms with Gasteiger partial charge in [-0.25, -0.2) is 0 Å². The van der Waals surface area contributed by atoms with Crippen molar-refractivity contribution in [3.05, 3.63) is 213 Å². The van der Waals surface area contributed by atoms with Gasteiger partial charge in [0.25, 0.3) is 0 Å². The second-order valence-electron chi connectivity index (χ2n) is 15.9. The van der Waals surface area contributed by atoms with E-state index in [2.05, 4.69) is 10.6 Å². The molecule has 6 aromatic rings. The molecular weight excluding hydrogens is 705 g/mol. The van der Waals surface area contributed by atoms with Crippen LogP contribution >= 0.6 is 0 Å². The average Bonchev–Trinajstić information content (AvgIpc) is 3.75. The van der Waals surface area contributed by atoms with Crippen LogP contribution in [0.1, 0.15) is 93.4 Å². The highest BCUT2D eigenvalue weighted by Crippen LogP contribution is 2.47. The standard InChI is InChI=1S/C51H52N2O4/c1-35-17-25-41(26-18-35)50(56,42-27-19-36(2)20-28-42)45(39-13-7-5-8-14-39)52-47(54)49(33-11-12-34-49)48(55)53-46(40-15-9-6-10-16-40)51(57,43-29-21-37(3)22-30-43)44-31-23-38(4)24-32-44/h5-10,13-32,45-46,56-57H,11-12,33-34H2,1-4H3,(H,52,54)(H,53,55)/t45-,46-/m1/s1. The molecule has 6 heteroatoms. The fourth-order valence-electron chi connectivity index (χ4n) is 8.45. The van der Waals surface area contributed by atoms with Crippen LogP contribution < -0.4 is 10.6 Å². The molecule has 6 aromatic carbocycles. The van der Waals surface area contributed by atoms with E-state index in [-0.39, 0.29) is 0 Å². The van der Waals surface area contributed by atoms with Crippen LogP contribution in [0.25, 0.3) is 0 Å². The zero-order valence-corrected chi connectivity index (χ0v) is 33.2. The summed E-state index contributed by atoms with van der Waals surface area (Å²) < 4.78 is 0. The van der Waals surface area contributed by atoms with Gasteiger partial charge in [0.1, 0.15) is 16.6 Å². The van der Waals surface area contributed by atoms with Crippen molar-refractivity contribution in [2.45, 2.75) is 76.7 Å². The smallest absolute Gasteiger partial charge is 0.236 e. The summed E-state index contributed by atoms with van der Waals surface area (Å²) in [5, 5.41) is 33.0. The maximum atomic E-state index is 15.2. The molecule has 1 aliphatic carbocycles. The van der Waals surface area contributed by atoms with Gasteiger partial charge in [0.05, 0.1) is 12.1 Å². The first-order chi connectivity index (χ1) is 27.4. The van der Waals surface area contributed by atoms with Crippen LogP contribution in [0.15, 0.2) is 158 Å². The van der Waals surface area contributed by atoms with Crippen molar-refractivity contribution in [2.24, 2.45) is 5.41 Å². The first-order valence-electron chi connectivity index (χ1n) is 19.9. The fourth-order valence-corrected chi connectivity index (χ4v) is 8.45. The number of hydrogen-bond donors (Lipinski definition) is 4. The maximum Gasteiger partial charge on any atom is 0.236 e. The number of hydrogen-bond acceptors (Lipinski definition) is 4. The molecule has 7 rings (SSSR count). The predicted molar refractivity (Wildman–Crippen MR) is 226 cm³/mol. The Morgan fingerprint density at radius 2 is 0.719 bits per heavy atom. The van der Waals surface area contributed by atoms with E-state index >= 15 is 9.59 Å². The zero-order valence-electron chi connectivity index (χ0n) is 33.2. The summed E-state index contributed by atoms with van der Waals surface area (Å²) in [6, 6.07) is 47.8. The van der Waals surface area contributed by atoms with E-state index in [1.165, 1.54) is 0 Å². The van der Waals surface area contributed by atoms with E-state index in [0.29, 0.717) is 59.1 Å². The molecule has 0 unspecified atom stereocenters. The predicted octanol–water partition coefficient (Wildman–Crippen LogP) is 9.37. The van der Waals surface area contributed by atoms with Crippen molar-refractivity contribution in [3.63, 3.8) is 0 Å². The van der Waals surface area contributed by atoms with E-state index in [1.807, 2.05) is 185 Å². The van der Waals surface area contributed by atoms with Gasteiger partial charge in [-0.3, -0.25) is 9.59 Å². The first kappa shape index (κ1) is 39.4. The third kappa shape index (κ3) is 7.68. The highest BCUT2D eigenvalue weighted by Gasteiger charge is 2.53. The number of rotatable bonds is 12. The van der Waals surface area contributed by atoms with Crippen molar-refractivity contribution in [1.82, 2.24) is 10.6 Å². The summed E-state index contributed by atoms with van der Waals surface area (Å²) in [5.41, 5.74) is 3.08. The van der Waals surface area contributed by atoms with E-state index in [4.69, 9.17) is 0 Å². The Hall–Kier alpha value is -5.82. The van der Waals surface area contributed by atoms with Crippen LogP contribution in [0.5, 0.6) is 0 Å². The van der Waals surface area contributed by atoms with Crippen LogP contribution in [-0.4, -0.2) is 22.0 Å². The van der Waals surface area contributed by atoms with E-state index in [0.717, 1.165) is 22.3 Å². The SMILES string of the molecule is Cc1ccc(C(O)(c2ccc(C)cc2)[C@H](NC(=O)C2(C(=O)N[C@H](c3ccccc3)C(O)(c3ccc(C)cc3)c3ccc(C)cc3)CCCC2)c2ccccc2)cc1. The Kier molecular flexibility index (Phi) is 11.3. The third-order valence-electron chi connectivity index (χ3n) is 11.9. The third-order valence-corrected chi connectivity index (χ3v) is 11.9. The van der Waals surface area contributed by atoms with Crippen LogP contribution in [0.2, 0.25) is 0 Å². The molecule has 0 bridgehead atoms. The van der Waals surface area contributed by atoms with Crippen LogP contribution in [-0.2, 0) is 20.8 Å². The average molecular weight is 757 g/mol. The second kappa shape index (κ2) is 16.3. The molecule has 0 aromatic heterocycles. The number of amides is 2. The quantitative estimate of drug-likeness (QED) is 0.0936. The molecule has 1 fully saturated rings. The molecule has 57 heavy (non-hydrogen) atoms. The highest BCUT2D eigenvalue weighted by atomic mass is 16.3. The van der Waals surface area contributed by atoms with Gasteiger partial charge in [0, 0.05) is 0 Å². The van der Waals surface area contributed by atoms with Crippen molar-refractivity contribution in [3.8, 4) is 0 Å². The molecular formula is C51H52N2O4. The van der Waals surface area contributed by atoms with Gasteiger partial charge < -0.3 is 20.8 Å². The summed E-state index contributed by atoms with van der Waals surface area (Å²) in [6.07, 6.45) is 1.98. The number of carbonyl (C=O) groups is 2. The Morgan fingerprint density at radius 3 is 0.982 bits per heavy atom. The van der Waals surface area contributed by atoms with Gasteiger partial charge in [0.15, 0.2) is 0 Å². The number of nitrogens with one attached hydrogen (secondary N) is 2. The molecule has 0 aliphatic heterocycles. The molecule has 1 aliphatic rings. The number of aryl methyl sites for hydroxylation is 4. The molecule has 0 spiro atoms. The summed E-state index contributed by atoms with van der Waals surface area (Å²) in [5.74, 6) is -0.935. The monoisotopic (exact) mass is 756 g/mol. The molecule has 0 saturated heterocycles. The molecule has 2 atom stereocenters. The van der Waals surface area contributed by atoms with Crippen molar-refractivity contribution >= 4 is 11.8 Å². The largest absolute Gasteiger partial charge is 0.378 e. The Morgan fingerprint density at radius 1 is 0.456 bits per heavy atom. The summed E-state index contributed by atoms with van der Waals surface area (Å²) in [6.45, 7) is 7.98. The number of carbonyl (C=O) groups excluding carboxylic acids is 2. The molecule has 0 heterocycles. The summed E-state index contributed by atoms with van der Waals surface area (Å²) in [4.78, 5) is 30.5. The maximum absolute atomic E-state index is 15.2. The van der Waals surface area contributed by atoms with Gasteiger partial charge in [-0.15, -0.1) is 0 Å². The van der Waals surface area contributed by atoms with Gasteiger partial charge in [0.2, 0.25) is 11.8 Å².